The first kappa shape index (κ1) is 26.1. The molecule has 0 bridgehead atoms. The average molecular weight is 468 g/mol. The summed E-state index contributed by atoms with van der Waals surface area (Å²) in [5, 5.41) is 2.82. The second kappa shape index (κ2) is 14.1. The van der Waals surface area contributed by atoms with E-state index in [1.807, 2.05) is 6.92 Å². The first-order valence-corrected chi connectivity index (χ1v) is 9.23. The van der Waals surface area contributed by atoms with Crippen LogP contribution in [0.1, 0.15) is 48.5 Å². The molecule has 0 aliphatic rings. The van der Waals surface area contributed by atoms with Crippen LogP contribution in [0.4, 0.5) is 5.69 Å². The summed E-state index contributed by atoms with van der Waals surface area (Å²) >= 11 is 4.91. The fraction of sp³-hybridized carbons (Fsp3) is 0.526. The molecule has 1 atom stereocenters. The number of ether oxygens (including phenoxy) is 2. The van der Waals surface area contributed by atoms with E-state index in [-0.39, 0.29) is 44.2 Å². The number of anilines is 1. The zero-order chi connectivity index (χ0) is 19.5. The van der Waals surface area contributed by atoms with Crippen LogP contribution in [0.3, 0.4) is 0 Å². The Kier molecular flexibility index (Phi) is 13.7. The Bertz CT molecular complexity index is 653. The number of rotatable bonds is 10. The smallest absolute Gasteiger partial charge is 0.340 e. The minimum atomic E-state index is -0.539. The van der Waals surface area contributed by atoms with E-state index >= 15 is 0 Å². The summed E-state index contributed by atoms with van der Waals surface area (Å²) in [5.41, 5.74) is 1.38. The van der Waals surface area contributed by atoms with Crippen LogP contribution in [-0.4, -0.2) is 44.1 Å². The maximum absolute atomic E-state index is 12.6. The maximum atomic E-state index is 12.6. The van der Waals surface area contributed by atoms with Gasteiger partial charge in [0.15, 0.2) is 0 Å². The summed E-state index contributed by atoms with van der Waals surface area (Å²) in [4.78, 5) is 29.0. The van der Waals surface area contributed by atoms with Gasteiger partial charge >= 0.3 is 5.97 Å². The fourth-order valence-corrected chi connectivity index (χ4v) is 2.62. The number of aliphatic imine (C=N–C) groups is 1. The molecule has 0 heterocycles. The van der Waals surface area contributed by atoms with E-state index in [9.17, 15) is 9.59 Å². The van der Waals surface area contributed by atoms with Gasteiger partial charge in [0.05, 0.1) is 25.5 Å². The summed E-state index contributed by atoms with van der Waals surface area (Å²) in [6.45, 7) is 3.69. The summed E-state index contributed by atoms with van der Waals surface area (Å²) in [6.07, 6.45) is 5.08. The molecule has 0 aliphatic carbocycles. The number of esters is 1. The molecule has 1 amide bonds. The minimum Gasteiger partial charge on any atom is -0.793 e. The molecule has 1 rings (SSSR count). The second-order valence-corrected chi connectivity index (χ2v) is 6.21. The van der Waals surface area contributed by atoms with Gasteiger partial charge in [-0.25, -0.2) is 4.79 Å². The van der Waals surface area contributed by atoms with Gasteiger partial charge in [-0.3, -0.25) is 9.79 Å². The standard InChI is InChI=1S/C19H28N2O4S.Y/c1-5-16(20-9-7-6-8-10-26)18(22)21-17-13(2)11-14(24-3)12-15(17)19(23)25-4;/h9,11-12,16,26H,5-8,10H2,1-4H3,(H,21,22);/p-1. The van der Waals surface area contributed by atoms with E-state index in [2.05, 4.69) is 10.3 Å². The van der Waals surface area contributed by atoms with Crippen LogP contribution < -0.4 is 10.1 Å². The third kappa shape index (κ3) is 8.32. The van der Waals surface area contributed by atoms with Crippen molar-refractivity contribution in [1.29, 1.82) is 0 Å². The van der Waals surface area contributed by atoms with Crippen molar-refractivity contribution in [2.24, 2.45) is 4.99 Å². The topological polar surface area (TPSA) is 77.0 Å². The summed E-state index contributed by atoms with van der Waals surface area (Å²) in [5.74, 6) is 0.458. The molecule has 1 radical (unpaired) electrons. The van der Waals surface area contributed by atoms with Gasteiger partial charge in [0.25, 0.3) is 0 Å². The van der Waals surface area contributed by atoms with Crippen LogP contribution in [0.5, 0.6) is 5.75 Å². The fourth-order valence-electron chi connectivity index (χ4n) is 2.41. The minimum absolute atomic E-state index is 0. The quantitative estimate of drug-likeness (QED) is 0.247. The molecule has 0 fully saturated rings. The van der Waals surface area contributed by atoms with Gasteiger partial charge in [-0.2, -0.15) is 5.75 Å². The molecule has 0 spiro atoms. The SMILES string of the molecule is CCC(N=CCCCC[S-])C(=O)Nc1c(C)cc(OC)cc1C(=O)OC.[Y]. The Morgan fingerprint density at radius 2 is 2.00 bits per heavy atom. The third-order valence-corrected chi connectivity index (χ3v) is 4.19. The number of carbonyl (C=O) groups excluding carboxylic acids is 2. The van der Waals surface area contributed by atoms with E-state index in [0.29, 0.717) is 23.4 Å². The van der Waals surface area contributed by atoms with Crippen LogP contribution in [-0.2, 0) is 54.9 Å². The molecule has 1 aromatic rings. The largest absolute Gasteiger partial charge is 0.793 e. The Morgan fingerprint density at radius 1 is 1.30 bits per heavy atom. The number of carbonyl (C=O) groups is 2. The number of nitrogens with zero attached hydrogens (tertiary/aromatic N) is 1. The number of hydrogen-bond donors (Lipinski definition) is 1. The van der Waals surface area contributed by atoms with E-state index in [1.165, 1.54) is 14.2 Å². The zero-order valence-corrected chi connectivity index (χ0v) is 20.1. The van der Waals surface area contributed by atoms with Crippen molar-refractivity contribution in [2.75, 3.05) is 25.3 Å². The van der Waals surface area contributed by atoms with Gasteiger partial charge in [-0.1, -0.05) is 19.8 Å². The van der Waals surface area contributed by atoms with Crippen molar-refractivity contribution in [3.05, 3.63) is 23.3 Å². The zero-order valence-electron chi connectivity index (χ0n) is 16.4. The number of aryl methyl sites for hydroxylation is 1. The number of hydrogen-bond acceptors (Lipinski definition) is 6. The van der Waals surface area contributed by atoms with E-state index < -0.39 is 12.0 Å². The molecule has 147 valence electrons. The molecule has 0 aromatic heterocycles. The van der Waals surface area contributed by atoms with Crippen LogP contribution in [0, 0.1) is 6.92 Å². The number of methoxy groups -OCH3 is 2. The Balaban J connectivity index is 0.00000676. The predicted octanol–water partition coefficient (Wildman–Crippen LogP) is 3.29. The van der Waals surface area contributed by atoms with Gasteiger partial charge in [-0.05, 0) is 43.7 Å². The van der Waals surface area contributed by atoms with Crippen LogP contribution >= 0.6 is 0 Å². The second-order valence-electron chi connectivity index (χ2n) is 5.80. The average Bonchev–Trinajstić information content (AvgIpc) is 2.65. The Hall–Kier alpha value is -0.916. The molecule has 0 aliphatic heterocycles. The monoisotopic (exact) mass is 468 g/mol. The number of nitrogens with one attached hydrogen (secondary N) is 1. The molecular weight excluding hydrogens is 441 g/mol. The van der Waals surface area contributed by atoms with Gasteiger partial charge in [0, 0.05) is 32.7 Å². The first-order valence-electron chi connectivity index (χ1n) is 8.66. The summed E-state index contributed by atoms with van der Waals surface area (Å²) in [7, 11) is 2.81. The van der Waals surface area contributed by atoms with Crippen LogP contribution in [0.2, 0.25) is 0 Å². The van der Waals surface area contributed by atoms with E-state index in [1.54, 1.807) is 25.3 Å². The van der Waals surface area contributed by atoms with Crippen molar-refractivity contribution in [3.63, 3.8) is 0 Å². The first-order chi connectivity index (χ1) is 12.5. The Morgan fingerprint density at radius 3 is 2.56 bits per heavy atom. The van der Waals surface area contributed by atoms with Gasteiger partial charge in [-0.15, -0.1) is 0 Å². The van der Waals surface area contributed by atoms with Gasteiger partial charge in [0.1, 0.15) is 11.8 Å². The van der Waals surface area contributed by atoms with Gasteiger partial charge < -0.3 is 27.4 Å². The normalized spacial score (nSPS) is 11.6. The number of amides is 1. The molecule has 1 N–H and O–H groups in total. The molecular formula is C19H27N2O4SY-. The summed E-state index contributed by atoms with van der Waals surface area (Å²) in [6, 6.07) is 2.79. The number of unbranched alkanes of at least 4 members (excludes halogenated alkanes) is 2. The molecule has 0 saturated heterocycles. The summed E-state index contributed by atoms with van der Waals surface area (Å²) < 4.78 is 10.0. The van der Waals surface area contributed by atoms with Crippen molar-refractivity contribution in [3.8, 4) is 5.75 Å². The predicted molar refractivity (Wildman–Crippen MR) is 106 cm³/mol. The van der Waals surface area contributed by atoms with Crippen molar-refractivity contribution in [2.45, 2.75) is 45.6 Å². The van der Waals surface area contributed by atoms with Crippen molar-refractivity contribution >= 4 is 36.4 Å². The third-order valence-electron chi connectivity index (χ3n) is 3.90. The molecule has 6 nitrogen and oxygen atoms in total. The van der Waals surface area contributed by atoms with Crippen LogP contribution in [0.25, 0.3) is 0 Å². The van der Waals surface area contributed by atoms with E-state index in [0.717, 1.165) is 25.0 Å². The molecule has 1 unspecified atom stereocenters. The van der Waals surface area contributed by atoms with Crippen molar-refractivity contribution < 1.29 is 51.8 Å². The Labute approximate surface area is 192 Å². The molecule has 1 aromatic carbocycles. The van der Waals surface area contributed by atoms with Crippen molar-refractivity contribution in [1.82, 2.24) is 0 Å². The van der Waals surface area contributed by atoms with Crippen LogP contribution in [0.15, 0.2) is 17.1 Å². The molecule has 0 saturated carbocycles. The maximum Gasteiger partial charge on any atom is 0.340 e. The van der Waals surface area contributed by atoms with Gasteiger partial charge in [0.2, 0.25) is 5.91 Å². The van der Waals surface area contributed by atoms with E-state index in [4.69, 9.17) is 22.1 Å². The number of benzene rings is 1. The molecule has 8 heteroatoms. The molecule has 27 heavy (non-hydrogen) atoms.